The van der Waals surface area contributed by atoms with Gasteiger partial charge in [0.05, 0.1) is 17.5 Å². The molecule has 3 aromatic rings. The molecule has 7 heteroatoms. The number of carbonyl (C=O) groups excluding carboxylic acids is 1. The fourth-order valence-electron chi connectivity index (χ4n) is 4.70. The summed E-state index contributed by atoms with van der Waals surface area (Å²) in [5, 5.41) is 5.63. The van der Waals surface area contributed by atoms with E-state index in [4.69, 9.17) is 0 Å². The second-order valence-electron chi connectivity index (χ2n) is 8.20. The first-order chi connectivity index (χ1) is 13.7. The maximum atomic E-state index is 13.1. The van der Waals surface area contributed by atoms with E-state index in [0.29, 0.717) is 12.5 Å². The van der Waals surface area contributed by atoms with Crippen LogP contribution in [0.15, 0.2) is 36.8 Å². The largest absolute Gasteiger partial charge is 0.348 e. The molecule has 0 radical (unpaired) electrons. The predicted octanol–water partition coefficient (Wildman–Crippen LogP) is 2.19. The van der Waals surface area contributed by atoms with Gasteiger partial charge in [-0.15, -0.1) is 0 Å². The van der Waals surface area contributed by atoms with Crippen LogP contribution in [0.3, 0.4) is 0 Å². The van der Waals surface area contributed by atoms with Crippen molar-refractivity contribution in [3.05, 3.63) is 48.2 Å². The summed E-state index contributed by atoms with van der Waals surface area (Å²) in [5.41, 5.74) is 3.19. The number of rotatable bonds is 4. The lowest BCUT2D eigenvalue weighted by Gasteiger charge is -2.36. The molecule has 1 N–H and O–H groups in total. The van der Waals surface area contributed by atoms with E-state index in [9.17, 15) is 4.79 Å². The summed E-state index contributed by atoms with van der Waals surface area (Å²) in [6.07, 6.45) is 6.03. The number of amides is 1. The van der Waals surface area contributed by atoms with E-state index in [1.807, 2.05) is 30.5 Å². The Labute approximate surface area is 164 Å². The standard InChI is InChI=1S/C21H26N6O/c1-15-20(23-14-22-15)12-25-8-16-6-7-18(11-25)27(9-16)21(28)13-26-10-17-4-2-3-5-19(17)24-26/h2-5,10,14,16,18H,6-9,11-13H2,1H3,(H,22,23)/t16-,18+/m0/s1. The van der Waals surface area contributed by atoms with Crippen LogP contribution in [0, 0.1) is 12.8 Å². The van der Waals surface area contributed by atoms with Crippen molar-refractivity contribution >= 4 is 16.8 Å². The van der Waals surface area contributed by atoms with E-state index in [0.717, 1.165) is 54.9 Å². The van der Waals surface area contributed by atoms with E-state index in [1.165, 1.54) is 6.42 Å². The summed E-state index contributed by atoms with van der Waals surface area (Å²) >= 11 is 0. The molecule has 0 aliphatic carbocycles. The van der Waals surface area contributed by atoms with Crippen molar-refractivity contribution in [1.29, 1.82) is 0 Å². The van der Waals surface area contributed by atoms with Crippen LogP contribution in [0.1, 0.15) is 24.2 Å². The molecule has 2 aromatic heterocycles. The average molecular weight is 378 g/mol. The molecule has 7 nitrogen and oxygen atoms in total. The van der Waals surface area contributed by atoms with Gasteiger partial charge in [0, 0.05) is 49.5 Å². The molecule has 0 unspecified atom stereocenters. The van der Waals surface area contributed by atoms with E-state index in [1.54, 1.807) is 11.0 Å². The molecule has 2 bridgehead atoms. The highest BCUT2D eigenvalue weighted by Crippen LogP contribution is 2.29. The normalized spacial score (nSPS) is 22.7. The zero-order valence-electron chi connectivity index (χ0n) is 16.2. The van der Waals surface area contributed by atoms with Gasteiger partial charge in [-0.3, -0.25) is 14.4 Å². The summed E-state index contributed by atoms with van der Waals surface area (Å²) in [6.45, 7) is 6.07. The molecule has 3 aliphatic rings. The van der Waals surface area contributed by atoms with Crippen molar-refractivity contribution in [2.45, 2.75) is 38.9 Å². The van der Waals surface area contributed by atoms with Crippen molar-refractivity contribution in [3.8, 4) is 0 Å². The number of hydrogen-bond donors (Lipinski definition) is 1. The Balaban J connectivity index is 1.29. The van der Waals surface area contributed by atoms with Gasteiger partial charge in [0.15, 0.2) is 0 Å². The van der Waals surface area contributed by atoms with Gasteiger partial charge in [0.25, 0.3) is 0 Å². The number of carbonyl (C=O) groups is 1. The lowest BCUT2D eigenvalue weighted by Crippen LogP contribution is -2.48. The number of nitrogens with one attached hydrogen (secondary N) is 1. The molecule has 3 aliphatic heterocycles. The number of nitrogens with zero attached hydrogens (tertiary/aromatic N) is 5. The summed E-state index contributed by atoms with van der Waals surface area (Å²) in [5.74, 6) is 0.721. The average Bonchev–Trinajstić information content (AvgIpc) is 3.16. The highest BCUT2D eigenvalue weighted by molar-refractivity contribution is 5.80. The van der Waals surface area contributed by atoms with E-state index < -0.39 is 0 Å². The topological polar surface area (TPSA) is 70.1 Å². The van der Waals surface area contributed by atoms with Gasteiger partial charge in [-0.2, -0.15) is 5.10 Å². The Morgan fingerprint density at radius 1 is 1.21 bits per heavy atom. The van der Waals surface area contributed by atoms with Gasteiger partial charge in [-0.05, 0) is 31.7 Å². The summed E-state index contributed by atoms with van der Waals surface area (Å²) in [6, 6.07) is 8.28. The zero-order valence-corrected chi connectivity index (χ0v) is 16.2. The number of aromatic nitrogens is 4. The molecular weight excluding hydrogens is 352 g/mol. The predicted molar refractivity (Wildman–Crippen MR) is 107 cm³/mol. The van der Waals surface area contributed by atoms with Gasteiger partial charge in [-0.1, -0.05) is 18.2 Å². The molecule has 6 rings (SSSR count). The van der Waals surface area contributed by atoms with Crippen LogP contribution in [0.5, 0.6) is 0 Å². The Morgan fingerprint density at radius 2 is 2.11 bits per heavy atom. The molecule has 1 amide bonds. The fourth-order valence-corrected chi connectivity index (χ4v) is 4.70. The van der Waals surface area contributed by atoms with Crippen LogP contribution in [0.25, 0.3) is 10.9 Å². The molecule has 3 fully saturated rings. The number of imidazole rings is 1. The number of piperidine rings is 1. The molecule has 28 heavy (non-hydrogen) atoms. The molecule has 146 valence electrons. The number of fused-ring (bicyclic) bond motifs is 5. The summed E-state index contributed by atoms with van der Waals surface area (Å²) in [4.78, 5) is 25.3. The van der Waals surface area contributed by atoms with Crippen molar-refractivity contribution in [2.75, 3.05) is 19.6 Å². The van der Waals surface area contributed by atoms with E-state index in [-0.39, 0.29) is 11.9 Å². The second kappa shape index (κ2) is 7.05. The van der Waals surface area contributed by atoms with Crippen molar-refractivity contribution < 1.29 is 4.79 Å². The van der Waals surface area contributed by atoms with Gasteiger partial charge in [0.1, 0.15) is 6.54 Å². The third-order valence-electron chi connectivity index (χ3n) is 6.18. The smallest absolute Gasteiger partial charge is 0.244 e. The van der Waals surface area contributed by atoms with E-state index >= 15 is 0 Å². The minimum Gasteiger partial charge on any atom is -0.348 e. The minimum atomic E-state index is 0.181. The second-order valence-corrected chi connectivity index (χ2v) is 8.20. The SMILES string of the molecule is Cc1[nH]cnc1CN1C[C@@H]2CC[C@H](C1)N(C(=O)Cn1cc3ccccc3n1)C2. The van der Waals surface area contributed by atoms with Crippen LogP contribution in [-0.4, -0.2) is 61.1 Å². The molecule has 0 spiro atoms. The fraction of sp³-hybridized carbons (Fsp3) is 0.476. The van der Waals surface area contributed by atoms with Gasteiger partial charge >= 0.3 is 0 Å². The lowest BCUT2D eigenvalue weighted by molar-refractivity contribution is -0.136. The van der Waals surface area contributed by atoms with Crippen LogP contribution >= 0.6 is 0 Å². The third kappa shape index (κ3) is 3.30. The molecule has 2 atom stereocenters. The monoisotopic (exact) mass is 378 g/mol. The number of hydrogen-bond acceptors (Lipinski definition) is 4. The number of aromatic amines is 1. The molecule has 1 aromatic carbocycles. The molecule has 5 heterocycles. The van der Waals surface area contributed by atoms with Crippen molar-refractivity contribution in [1.82, 2.24) is 29.5 Å². The Morgan fingerprint density at radius 3 is 2.93 bits per heavy atom. The Bertz CT molecular complexity index is 959. The zero-order chi connectivity index (χ0) is 19.1. The minimum absolute atomic E-state index is 0.181. The highest BCUT2D eigenvalue weighted by Gasteiger charge is 2.37. The summed E-state index contributed by atoms with van der Waals surface area (Å²) < 4.78 is 1.79. The first-order valence-corrected chi connectivity index (χ1v) is 10.1. The van der Waals surface area contributed by atoms with E-state index in [2.05, 4.69) is 31.8 Å². The maximum Gasteiger partial charge on any atom is 0.244 e. The first kappa shape index (κ1) is 17.4. The third-order valence-corrected chi connectivity index (χ3v) is 6.18. The van der Waals surface area contributed by atoms with Crippen molar-refractivity contribution in [3.63, 3.8) is 0 Å². The van der Waals surface area contributed by atoms with Crippen LogP contribution < -0.4 is 0 Å². The van der Waals surface area contributed by atoms with Crippen molar-refractivity contribution in [2.24, 2.45) is 5.92 Å². The summed E-state index contributed by atoms with van der Waals surface area (Å²) in [7, 11) is 0. The van der Waals surface area contributed by atoms with Gasteiger partial charge in [0.2, 0.25) is 5.91 Å². The van der Waals surface area contributed by atoms with Crippen LogP contribution in [0.2, 0.25) is 0 Å². The lowest BCUT2D eigenvalue weighted by atomic mass is 9.95. The Kier molecular flexibility index (Phi) is 4.39. The van der Waals surface area contributed by atoms with Gasteiger partial charge < -0.3 is 9.88 Å². The van der Waals surface area contributed by atoms with Crippen LogP contribution in [0.4, 0.5) is 0 Å². The Hall–Kier alpha value is -2.67. The maximum absolute atomic E-state index is 13.1. The number of aryl methyl sites for hydroxylation is 1. The quantitative estimate of drug-likeness (QED) is 0.756. The number of benzene rings is 1. The molecule has 3 saturated heterocycles. The first-order valence-electron chi connectivity index (χ1n) is 10.1. The number of H-pyrrole nitrogens is 1. The highest BCUT2D eigenvalue weighted by atomic mass is 16.2. The molecule has 0 saturated carbocycles. The van der Waals surface area contributed by atoms with Crippen LogP contribution in [-0.2, 0) is 17.9 Å². The molecular formula is C21H26N6O. The van der Waals surface area contributed by atoms with Gasteiger partial charge in [-0.25, -0.2) is 4.98 Å².